The molecule has 5 heteroatoms. The largest absolute Gasteiger partial charge is 0.388 e. The van der Waals surface area contributed by atoms with Gasteiger partial charge in [0.2, 0.25) is 5.91 Å². The standard InChI is InChI=1S/C13H16N2O3/c1-3-10-6-5-7-12(17-9-14)11(10)8-18-15-13(16)4-2/h5-7H,3-4,8H2,1-2H3,(H,15,16). The van der Waals surface area contributed by atoms with Crippen molar-refractivity contribution in [1.29, 1.82) is 5.26 Å². The maximum atomic E-state index is 11.0. The Balaban J connectivity index is 2.78. The Bertz CT molecular complexity index is 452. The van der Waals surface area contributed by atoms with Crippen molar-refractivity contribution >= 4 is 5.91 Å². The Morgan fingerprint density at radius 1 is 1.44 bits per heavy atom. The van der Waals surface area contributed by atoms with Gasteiger partial charge >= 0.3 is 0 Å². The van der Waals surface area contributed by atoms with Gasteiger partial charge in [-0.25, -0.2) is 5.48 Å². The van der Waals surface area contributed by atoms with Gasteiger partial charge in [-0.2, -0.15) is 0 Å². The van der Waals surface area contributed by atoms with Gasteiger partial charge in [-0.15, -0.1) is 5.26 Å². The number of nitriles is 1. The molecule has 96 valence electrons. The molecule has 0 aliphatic rings. The van der Waals surface area contributed by atoms with Crippen LogP contribution in [0.15, 0.2) is 18.2 Å². The summed E-state index contributed by atoms with van der Waals surface area (Å²) in [6.07, 6.45) is 2.80. The minimum absolute atomic E-state index is 0.173. The molecule has 0 saturated heterocycles. The summed E-state index contributed by atoms with van der Waals surface area (Å²) in [5.41, 5.74) is 4.12. The highest BCUT2D eigenvalue weighted by molar-refractivity contribution is 5.74. The number of nitrogens with zero attached hydrogens (tertiary/aromatic N) is 1. The Morgan fingerprint density at radius 3 is 2.83 bits per heavy atom. The van der Waals surface area contributed by atoms with Crippen LogP contribution in [-0.2, 0) is 22.7 Å². The summed E-state index contributed by atoms with van der Waals surface area (Å²) >= 11 is 0. The summed E-state index contributed by atoms with van der Waals surface area (Å²) in [5.74, 6) is 0.273. The summed E-state index contributed by atoms with van der Waals surface area (Å²) in [6.45, 7) is 3.91. The lowest BCUT2D eigenvalue weighted by molar-refractivity contribution is -0.134. The van der Waals surface area contributed by atoms with Crippen molar-refractivity contribution in [3.05, 3.63) is 29.3 Å². The molecule has 0 spiro atoms. The second kappa shape index (κ2) is 7.30. The molecule has 1 aromatic rings. The molecule has 1 amide bonds. The Labute approximate surface area is 106 Å². The van der Waals surface area contributed by atoms with E-state index in [4.69, 9.17) is 14.8 Å². The van der Waals surface area contributed by atoms with Gasteiger partial charge in [-0.05, 0) is 18.1 Å². The first-order valence-corrected chi connectivity index (χ1v) is 5.80. The Kier molecular flexibility index (Phi) is 5.68. The molecule has 0 aromatic heterocycles. The number of aryl methyl sites for hydroxylation is 1. The van der Waals surface area contributed by atoms with E-state index in [1.165, 1.54) is 0 Å². The van der Waals surface area contributed by atoms with E-state index in [9.17, 15) is 4.79 Å². The summed E-state index contributed by atoms with van der Waals surface area (Å²) in [4.78, 5) is 16.2. The predicted molar refractivity (Wildman–Crippen MR) is 65.3 cm³/mol. The van der Waals surface area contributed by atoms with Crippen LogP contribution in [0.5, 0.6) is 5.75 Å². The summed E-state index contributed by atoms with van der Waals surface area (Å²) in [7, 11) is 0. The molecule has 0 aliphatic heterocycles. The van der Waals surface area contributed by atoms with Gasteiger partial charge in [0.1, 0.15) is 12.4 Å². The number of ether oxygens (including phenoxy) is 1. The number of nitrogens with one attached hydrogen (secondary N) is 1. The normalized spacial score (nSPS) is 9.61. The average Bonchev–Trinajstić information content (AvgIpc) is 2.40. The van der Waals surface area contributed by atoms with E-state index in [1.54, 1.807) is 19.2 Å². The van der Waals surface area contributed by atoms with Gasteiger partial charge in [0, 0.05) is 12.0 Å². The van der Waals surface area contributed by atoms with Gasteiger partial charge in [0.25, 0.3) is 6.26 Å². The molecule has 0 atom stereocenters. The van der Waals surface area contributed by atoms with Crippen molar-refractivity contribution in [2.75, 3.05) is 0 Å². The van der Waals surface area contributed by atoms with E-state index < -0.39 is 0 Å². The van der Waals surface area contributed by atoms with Gasteiger partial charge in [-0.3, -0.25) is 9.63 Å². The zero-order valence-electron chi connectivity index (χ0n) is 10.5. The molecule has 1 rings (SSSR count). The number of amides is 1. The molecule has 5 nitrogen and oxygen atoms in total. The quantitative estimate of drug-likeness (QED) is 0.618. The SMILES string of the molecule is CCC(=O)NOCc1c(CC)cccc1OC#N. The fourth-order valence-electron chi connectivity index (χ4n) is 1.51. The maximum absolute atomic E-state index is 11.0. The van der Waals surface area contributed by atoms with E-state index in [2.05, 4.69) is 5.48 Å². The van der Waals surface area contributed by atoms with Crippen LogP contribution < -0.4 is 10.2 Å². The maximum Gasteiger partial charge on any atom is 0.292 e. The first-order chi connectivity index (χ1) is 8.72. The van der Waals surface area contributed by atoms with Crippen LogP contribution in [0, 0.1) is 11.5 Å². The van der Waals surface area contributed by atoms with Crippen molar-refractivity contribution in [3.8, 4) is 12.0 Å². The molecule has 18 heavy (non-hydrogen) atoms. The van der Waals surface area contributed by atoms with Crippen molar-refractivity contribution < 1.29 is 14.4 Å². The monoisotopic (exact) mass is 248 g/mol. The number of carbonyl (C=O) groups excluding carboxylic acids is 1. The minimum Gasteiger partial charge on any atom is -0.388 e. The third-order valence-electron chi connectivity index (χ3n) is 2.49. The van der Waals surface area contributed by atoms with Crippen LogP contribution in [0.25, 0.3) is 0 Å². The third-order valence-corrected chi connectivity index (χ3v) is 2.49. The van der Waals surface area contributed by atoms with Gasteiger partial charge in [-0.1, -0.05) is 26.0 Å². The fourth-order valence-corrected chi connectivity index (χ4v) is 1.51. The number of hydrogen-bond donors (Lipinski definition) is 1. The number of hydroxylamine groups is 1. The van der Waals surface area contributed by atoms with Gasteiger partial charge in [0.05, 0.1) is 0 Å². The minimum atomic E-state index is -0.188. The van der Waals surface area contributed by atoms with Crippen molar-refractivity contribution in [3.63, 3.8) is 0 Å². The highest BCUT2D eigenvalue weighted by Gasteiger charge is 2.09. The number of hydrogen-bond acceptors (Lipinski definition) is 4. The molecule has 0 aliphatic carbocycles. The molecular weight excluding hydrogens is 232 g/mol. The molecule has 0 unspecified atom stereocenters. The zero-order chi connectivity index (χ0) is 13.4. The molecule has 1 N–H and O–H groups in total. The molecule has 0 fully saturated rings. The van der Waals surface area contributed by atoms with Crippen LogP contribution in [0.2, 0.25) is 0 Å². The molecule has 0 saturated carbocycles. The van der Waals surface area contributed by atoms with Gasteiger partial charge in [0.15, 0.2) is 0 Å². The van der Waals surface area contributed by atoms with Crippen LogP contribution in [-0.4, -0.2) is 5.91 Å². The lowest BCUT2D eigenvalue weighted by atomic mass is 10.1. The van der Waals surface area contributed by atoms with Crippen LogP contribution in [0.1, 0.15) is 31.4 Å². The summed E-state index contributed by atoms with van der Waals surface area (Å²) in [5, 5.41) is 8.58. The third kappa shape index (κ3) is 3.75. The lowest BCUT2D eigenvalue weighted by Gasteiger charge is -2.11. The fraction of sp³-hybridized carbons (Fsp3) is 0.385. The Hall–Kier alpha value is -2.06. The van der Waals surface area contributed by atoms with E-state index in [1.807, 2.05) is 19.1 Å². The van der Waals surface area contributed by atoms with E-state index in [0.29, 0.717) is 12.2 Å². The van der Waals surface area contributed by atoms with Crippen molar-refractivity contribution in [1.82, 2.24) is 5.48 Å². The number of benzene rings is 1. The summed E-state index contributed by atoms with van der Waals surface area (Å²) in [6, 6.07) is 5.45. The zero-order valence-corrected chi connectivity index (χ0v) is 10.5. The second-order valence-electron chi connectivity index (χ2n) is 3.61. The van der Waals surface area contributed by atoms with Crippen LogP contribution in [0.3, 0.4) is 0 Å². The first kappa shape index (κ1) is 14.0. The van der Waals surface area contributed by atoms with E-state index >= 15 is 0 Å². The van der Waals surface area contributed by atoms with E-state index in [-0.39, 0.29) is 12.5 Å². The van der Waals surface area contributed by atoms with Crippen molar-refractivity contribution in [2.24, 2.45) is 0 Å². The predicted octanol–water partition coefficient (Wildman–Crippen LogP) is 2.07. The number of carbonyl (C=O) groups is 1. The lowest BCUT2D eigenvalue weighted by Crippen LogP contribution is -2.22. The molecule has 0 bridgehead atoms. The first-order valence-electron chi connectivity index (χ1n) is 5.80. The van der Waals surface area contributed by atoms with Gasteiger partial charge < -0.3 is 4.74 Å². The second-order valence-corrected chi connectivity index (χ2v) is 3.61. The number of rotatable bonds is 6. The average molecular weight is 248 g/mol. The molecule has 0 heterocycles. The smallest absolute Gasteiger partial charge is 0.292 e. The van der Waals surface area contributed by atoms with Crippen molar-refractivity contribution in [2.45, 2.75) is 33.3 Å². The van der Waals surface area contributed by atoms with Crippen LogP contribution >= 0.6 is 0 Å². The molecule has 0 radical (unpaired) electrons. The van der Waals surface area contributed by atoms with Crippen LogP contribution in [0.4, 0.5) is 0 Å². The highest BCUT2D eigenvalue weighted by atomic mass is 16.7. The summed E-state index contributed by atoms with van der Waals surface area (Å²) < 4.78 is 4.88. The topological polar surface area (TPSA) is 71.3 Å². The molecular formula is C13H16N2O3. The molecule has 1 aromatic carbocycles. The Morgan fingerprint density at radius 2 is 2.22 bits per heavy atom. The highest BCUT2D eigenvalue weighted by Crippen LogP contribution is 2.23. The van der Waals surface area contributed by atoms with E-state index in [0.717, 1.165) is 17.5 Å².